The Bertz CT molecular complexity index is 105. The first-order chi connectivity index (χ1) is 3.42. The number of hydrogen-bond donors (Lipinski definition) is 1. The van der Waals surface area contributed by atoms with E-state index in [1.807, 2.05) is 18.8 Å². The van der Waals surface area contributed by atoms with Crippen molar-refractivity contribution in [2.45, 2.75) is 0 Å². The van der Waals surface area contributed by atoms with Crippen LogP contribution >= 0.6 is 10.0 Å². The Morgan fingerprint density at radius 2 is 1.89 bits per heavy atom. The van der Waals surface area contributed by atoms with E-state index in [2.05, 4.69) is 0 Å². The zero-order valence-electron chi connectivity index (χ0n) is 8.18. The third kappa shape index (κ3) is 12.3. The first-order valence-electron chi connectivity index (χ1n) is 2.29. The predicted octanol–water partition coefficient (Wildman–Crippen LogP) is 0.609. The molecule has 0 amide bonds. The van der Waals surface area contributed by atoms with Crippen LogP contribution in [0.25, 0.3) is 0 Å². The molecule has 0 aromatic heterocycles. The predicted molar refractivity (Wildman–Crippen MR) is 45.8 cm³/mol. The zero-order valence-corrected chi connectivity index (χ0v) is 9.20. The fourth-order valence-corrected chi connectivity index (χ4v) is 1.11. The summed E-state index contributed by atoms with van der Waals surface area (Å²) in [6, 6.07) is 0. The number of aliphatic carboxylic acids is 1. The molecule has 0 aromatic rings. The second-order valence-electron chi connectivity index (χ2n) is 2.63. The minimum Gasteiger partial charge on any atom is -1.00 e. The molecular formula is C5H14CaO2S. The Labute approximate surface area is 90.3 Å². The van der Waals surface area contributed by atoms with Gasteiger partial charge in [0, 0.05) is 0 Å². The van der Waals surface area contributed by atoms with E-state index in [4.69, 9.17) is 5.11 Å². The maximum absolute atomic E-state index is 10.0. The zero-order chi connectivity index (χ0) is 6.78. The normalized spacial score (nSPS) is 11.9. The summed E-state index contributed by atoms with van der Waals surface area (Å²) in [6.07, 6.45) is 5.96. The third-order valence-corrected chi connectivity index (χ3v) is 1.67. The number of rotatable bonds is 2. The molecule has 0 aromatic carbocycles. The van der Waals surface area contributed by atoms with Crippen molar-refractivity contribution in [3.8, 4) is 0 Å². The molecule has 0 saturated heterocycles. The SMILES string of the molecule is CS(C)(C)CC(=O)O.[Ca+2].[H-].[H-]. The summed E-state index contributed by atoms with van der Waals surface area (Å²) in [6.45, 7) is 0. The van der Waals surface area contributed by atoms with Crippen LogP contribution in [0.3, 0.4) is 0 Å². The summed E-state index contributed by atoms with van der Waals surface area (Å²) in [4.78, 5) is 10.0. The van der Waals surface area contributed by atoms with Crippen molar-refractivity contribution in [3.63, 3.8) is 0 Å². The third-order valence-electron chi connectivity index (χ3n) is 0.556. The summed E-state index contributed by atoms with van der Waals surface area (Å²) in [5.74, 6) is -0.361. The molecule has 0 bridgehead atoms. The van der Waals surface area contributed by atoms with E-state index in [1.54, 1.807) is 0 Å². The second-order valence-corrected chi connectivity index (χ2v) is 7.10. The van der Waals surface area contributed by atoms with Crippen molar-refractivity contribution in [1.82, 2.24) is 0 Å². The van der Waals surface area contributed by atoms with Gasteiger partial charge in [-0.25, -0.2) is 10.0 Å². The van der Waals surface area contributed by atoms with Crippen molar-refractivity contribution >= 4 is 53.7 Å². The first kappa shape index (κ1) is 12.7. The van der Waals surface area contributed by atoms with Gasteiger partial charge in [-0.05, 0) is 18.8 Å². The molecule has 0 spiro atoms. The number of carboxylic acids is 1. The van der Waals surface area contributed by atoms with Crippen molar-refractivity contribution in [2.75, 3.05) is 24.5 Å². The van der Waals surface area contributed by atoms with E-state index in [1.165, 1.54) is 0 Å². The van der Waals surface area contributed by atoms with Gasteiger partial charge in [0.2, 0.25) is 0 Å². The molecule has 0 radical (unpaired) electrons. The molecule has 0 aliphatic heterocycles. The molecule has 0 heterocycles. The molecule has 0 rings (SSSR count). The maximum Gasteiger partial charge on any atom is 2.00 e. The van der Waals surface area contributed by atoms with Crippen LogP contribution in [0.5, 0.6) is 0 Å². The molecule has 0 unspecified atom stereocenters. The van der Waals surface area contributed by atoms with Crippen LogP contribution < -0.4 is 0 Å². The largest absolute Gasteiger partial charge is 2.00 e. The second kappa shape index (κ2) is 4.83. The van der Waals surface area contributed by atoms with Gasteiger partial charge in [0.25, 0.3) is 0 Å². The van der Waals surface area contributed by atoms with Gasteiger partial charge >= 0.3 is 43.7 Å². The molecule has 1 N–H and O–H groups in total. The summed E-state index contributed by atoms with van der Waals surface area (Å²) in [5, 5.41) is 8.27. The number of carboxylic acid groups (broad SMARTS) is 1. The van der Waals surface area contributed by atoms with Gasteiger partial charge in [-0.15, -0.1) is 0 Å². The van der Waals surface area contributed by atoms with Gasteiger partial charge in [-0.3, -0.25) is 4.79 Å². The molecule has 0 saturated carbocycles. The van der Waals surface area contributed by atoms with E-state index in [0.717, 1.165) is 0 Å². The average Bonchev–Trinajstić information content (AvgIpc) is 1.21. The fourth-order valence-electron chi connectivity index (χ4n) is 0.370. The minimum atomic E-state index is -0.823. The molecule has 0 aliphatic rings. The van der Waals surface area contributed by atoms with Crippen LogP contribution in [0, 0.1) is 0 Å². The standard InChI is InChI=1S/C5H12O2S.Ca.2H/c1-8(2,3)4-5(6)7;;;/h4H2,1-3H3,(H,6,7);;;/q;+2;2*-1. The quantitative estimate of drug-likeness (QED) is 0.629. The van der Waals surface area contributed by atoms with Crippen LogP contribution in [0.2, 0.25) is 0 Å². The van der Waals surface area contributed by atoms with Gasteiger partial charge in [0.1, 0.15) is 0 Å². The summed E-state index contributed by atoms with van der Waals surface area (Å²) in [5.41, 5.74) is 0. The molecule has 4 heteroatoms. The van der Waals surface area contributed by atoms with E-state index in [-0.39, 0.29) is 40.6 Å². The molecule has 0 fully saturated rings. The van der Waals surface area contributed by atoms with Gasteiger partial charge in [0.05, 0.1) is 5.75 Å². The van der Waals surface area contributed by atoms with Crippen molar-refractivity contribution in [3.05, 3.63) is 0 Å². The minimum absolute atomic E-state index is 0. The van der Waals surface area contributed by atoms with E-state index in [0.29, 0.717) is 5.75 Å². The fraction of sp³-hybridized carbons (Fsp3) is 0.800. The van der Waals surface area contributed by atoms with Crippen molar-refractivity contribution in [2.24, 2.45) is 0 Å². The summed E-state index contributed by atoms with van der Waals surface area (Å²) in [7, 11) is -0.823. The summed E-state index contributed by atoms with van der Waals surface area (Å²) >= 11 is 0. The Morgan fingerprint density at radius 1 is 1.56 bits per heavy atom. The van der Waals surface area contributed by atoms with Crippen LogP contribution in [0.15, 0.2) is 0 Å². The Morgan fingerprint density at radius 3 is 1.89 bits per heavy atom. The van der Waals surface area contributed by atoms with E-state index < -0.39 is 16.0 Å². The van der Waals surface area contributed by atoms with E-state index >= 15 is 0 Å². The van der Waals surface area contributed by atoms with Crippen LogP contribution in [-0.2, 0) is 4.79 Å². The molecule has 0 aliphatic carbocycles. The maximum atomic E-state index is 10.0. The first-order valence-corrected chi connectivity index (χ1v) is 5.32. The monoisotopic (exact) mass is 178 g/mol. The van der Waals surface area contributed by atoms with Crippen molar-refractivity contribution < 1.29 is 12.8 Å². The molecule has 2 nitrogen and oxygen atoms in total. The van der Waals surface area contributed by atoms with E-state index in [9.17, 15) is 4.79 Å². The van der Waals surface area contributed by atoms with Gasteiger partial charge in [-0.1, -0.05) is 0 Å². The van der Waals surface area contributed by atoms with Gasteiger partial charge < -0.3 is 7.96 Å². The number of hydrogen-bond acceptors (Lipinski definition) is 1. The Balaban J connectivity index is -0.0000000817. The molecule has 0 atom stereocenters. The van der Waals surface area contributed by atoms with Gasteiger partial charge in [0.15, 0.2) is 0 Å². The Kier molecular flexibility index (Phi) is 6.83. The number of carbonyl (C=O) groups is 1. The molecular weight excluding hydrogens is 164 g/mol. The molecule has 54 valence electrons. The van der Waals surface area contributed by atoms with Crippen LogP contribution in [0.4, 0.5) is 0 Å². The average molecular weight is 178 g/mol. The van der Waals surface area contributed by atoms with Crippen LogP contribution in [0.1, 0.15) is 2.85 Å². The summed E-state index contributed by atoms with van der Waals surface area (Å²) < 4.78 is 0. The topological polar surface area (TPSA) is 37.3 Å². The molecule has 9 heavy (non-hydrogen) atoms. The Hall–Kier alpha value is 1.08. The smallest absolute Gasteiger partial charge is 1.00 e. The van der Waals surface area contributed by atoms with Gasteiger partial charge in [-0.2, -0.15) is 0 Å². The van der Waals surface area contributed by atoms with Crippen LogP contribution in [-0.4, -0.2) is 73.3 Å². The van der Waals surface area contributed by atoms with Crippen molar-refractivity contribution in [1.29, 1.82) is 0 Å².